The highest BCUT2D eigenvalue weighted by atomic mass is 16.5. The topological polar surface area (TPSA) is 66.8 Å². The third kappa shape index (κ3) is 3.81. The highest BCUT2D eigenvalue weighted by molar-refractivity contribution is 5.80. The van der Waals surface area contributed by atoms with Gasteiger partial charge in [-0.3, -0.25) is 9.59 Å². The monoisotopic (exact) mass is 229 g/mol. The lowest BCUT2D eigenvalue weighted by atomic mass is 9.98. The van der Waals surface area contributed by atoms with Crippen molar-refractivity contribution in [3.05, 3.63) is 0 Å². The molecule has 1 N–H and O–H groups in total. The van der Waals surface area contributed by atoms with Gasteiger partial charge in [0.15, 0.2) is 0 Å². The predicted octanol–water partition coefficient (Wildman–Crippen LogP) is 0.735. The molecule has 0 saturated carbocycles. The summed E-state index contributed by atoms with van der Waals surface area (Å²) in [6.45, 7) is 5.13. The van der Waals surface area contributed by atoms with E-state index in [9.17, 15) is 9.59 Å². The Kier molecular flexibility index (Phi) is 4.73. The molecule has 1 fully saturated rings. The number of nitrogens with zero attached hydrogens (tertiary/aromatic N) is 1. The largest absolute Gasteiger partial charge is 0.481 e. The number of piperidine rings is 1. The predicted molar refractivity (Wildman–Crippen MR) is 58.0 cm³/mol. The number of carbonyl (C=O) groups excluding carboxylic acids is 1. The molecular formula is C11H19NO4. The number of ether oxygens (including phenoxy) is 1. The van der Waals surface area contributed by atoms with Crippen LogP contribution in [0.2, 0.25) is 0 Å². The molecule has 1 aliphatic rings. The van der Waals surface area contributed by atoms with Gasteiger partial charge in [0.2, 0.25) is 5.91 Å². The molecule has 0 radical (unpaired) electrons. The molecule has 0 aromatic carbocycles. The molecule has 0 bridgehead atoms. The van der Waals surface area contributed by atoms with Gasteiger partial charge in [-0.1, -0.05) is 0 Å². The van der Waals surface area contributed by atoms with Crippen molar-refractivity contribution in [3.63, 3.8) is 0 Å². The van der Waals surface area contributed by atoms with Crippen LogP contribution in [0.3, 0.4) is 0 Å². The Morgan fingerprint density at radius 2 is 2.31 bits per heavy atom. The van der Waals surface area contributed by atoms with Crippen molar-refractivity contribution in [1.82, 2.24) is 4.90 Å². The molecule has 92 valence electrons. The van der Waals surface area contributed by atoms with Gasteiger partial charge >= 0.3 is 5.97 Å². The second kappa shape index (κ2) is 5.84. The number of carboxylic acids is 1. The number of hydrogen-bond acceptors (Lipinski definition) is 3. The van der Waals surface area contributed by atoms with Gasteiger partial charge in [0.1, 0.15) is 0 Å². The Morgan fingerprint density at radius 3 is 2.88 bits per heavy atom. The van der Waals surface area contributed by atoms with E-state index in [2.05, 4.69) is 0 Å². The van der Waals surface area contributed by atoms with E-state index >= 15 is 0 Å². The summed E-state index contributed by atoms with van der Waals surface area (Å²) in [5.41, 5.74) is 0. The van der Waals surface area contributed by atoms with Crippen molar-refractivity contribution in [1.29, 1.82) is 0 Å². The molecule has 1 unspecified atom stereocenters. The molecule has 1 heterocycles. The van der Waals surface area contributed by atoms with Crippen molar-refractivity contribution in [2.24, 2.45) is 5.92 Å². The van der Waals surface area contributed by atoms with Crippen molar-refractivity contribution < 1.29 is 19.4 Å². The molecule has 1 atom stereocenters. The minimum absolute atomic E-state index is 0.0323. The van der Waals surface area contributed by atoms with Crippen LogP contribution in [0.4, 0.5) is 0 Å². The maximum absolute atomic E-state index is 11.5. The minimum Gasteiger partial charge on any atom is -0.481 e. The van der Waals surface area contributed by atoms with E-state index in [4.69, 9.17) is 9.84 Å². The zero-order valence-corrected chi connectivity index (χ0v) is 9.81. The first-order valence-electron chi connectivity index (χ1n) is 5.63. The van der Waals surface area contributed by atoms with Gasteiger partial charge in [-0.2, -0.15) is 0 Å². The highest BCUT2D eigenvalue weighted by Crippen LogP contribution is 2.17. The summed E-state index contributed by atoms with van der Waals surface area (Å²) in [4.78, 5) is 23.9. The first kappa shape index (κ1) is 13.0. The standard InChI is InChI=1S/C11H19NO4/c1-8(2)16-6-5-12-7-9(11(14)15)3-4-10(12)13/h8-9H,3-7H2,1-2H3,(H,14,15). The van der Waals surface area contributed by atoms with E-state index < -0.39 is 11.9 Å². The van der Waals surface area contributed by atoms with Crippen LogP contribution in [0.5, 0.6) is 0 Å². The molecule has 1 saturated heterocycles. The third-order valence-electron chi connectivity index (χ3n) is 2.66. The summed E-state index contributed by atoms with van der Waals surface area (Å²) >= 11 is 0. The van der Waals surface area contributed by atoms with Crippen LogP contribution in [-0.4, -0.2) is 47.7 Å². The van der Waals surface area contributed by atoms with Crippen molar-refractivity contribution in [3.8, 4) is 0 Å². The molecule has 5 heteroatoms. The van der Waals surface area contributed by atoms with Crippen molar-refractivity contribution >= 4 is 11.9 Å². The Bertz CT molecular complexity index is 265. The summed E-state index contributed by atoms with van der Waals surface area (Å²) in [7, 11) is 0. The number of aliphatic carboxylic acids is 1. The van der Waals surface area contributed by atoms with E-state index in [0.717, 1.165) is 0 Å². The summed E-state index contributed by atoms with van der Waals surface area (Å²) in [6.07, 6.45) is 0.920. The summed E-state index contributed by atoms with van der Waals surface area (Å²) in [6, 6.07) is 0. The van der Waals surface area contributed by atoms with Gasteiger partial charge in [-0.05, 0) is 20.3 Å². The fraction of sp³-hybridized carbons (Fsp3) is 0.818. The normalized spacial score (nSPS) is 21.6. The molecule has 5 nitrogen and oxygen atoms in total. The van der Waals surface area contributed by atoms with Crippen molar-refractivity contribution in [2.75, 3.05) is 19.7 Å². The van der Waals surface area contributed by atoms with E-state index in [-0.39, 0.29) is 12.0 Å². The van der Waals surface area contributed by atoms with E-state index in [0.29, 0.717) is 32.5 Å². The second-order valence-electron chi connectivity index (χ2n) is 4.33. The Morgan fingerprint density at radius 1 is 1.62 bits per heavy atom. The summed E-state index contributed by atoms with van der Waals surface area (Å²) in [5, 5.41) is 8.89. The molecule has 0 aromatic heterocycles. The maximum Gasteiger partial charge on any atom is 0.308 e. The summed E-state index contributed by atoms with van der Waals surface area (Å²) in [5.74, 6) is -1.20. The van der Waals surface area contributed by atoms with Gasteiger partial charge in [-0.25, -0.2) is 0 Å². The Hall–Kier alpha value is -1.10. The lowest BCUT2D eigenvalue weighted by molar-refractivity contribution is -0.147. The van der Waals surface area contributed by atoms with Gasteiger partial charge in [0, 0.05) is 19.5 Å². The fourth-order valence-electron chi connectivity index (χ4n) is 1.73. The van der Waals surface area contributed by atoms with Crippen LogP contribution >= 0.6 is 0 Å². The van der Waals surface area contributed by atoms with Gasteiger partial charge in [0.05, 0.1) is 18.6 Å². The molecule has 1 amide bonds. The van der Waals surface area contributed by atoms with Crippen LogP contribution in [0.1, 0.15) is 26.7 Å². The number of carboxylic acid groups (broad SMARTS) is 1. The summed E-state index contributed by atoms with van der Waals surface area (Å²) < 4.78 is 5.35. The number of rotatable bonds is 5. The van der Waals surface area contributed by atoms with Crippen LogP contribution in [-0.2, 0) is 14.3 Å². The van der Waals surface area contributed by atoms with E-state index in [1.807, 2.05) is 13.8 Å². The first-order chi connectivity index (χ1) is 7.50. The van der Waals surface area contributed by atoms with Crippen LogP contribution in [0.25, 0.3) is 0 Å². The molecule has 1 rings (SSSR count). The Balaban J connectivity index is 2.38. The lowest BCUT2D eigenvalue weighted by Gasteiger charge is -2.30. The van der Waals surface area contributed by atoms with Gasteiger partial charge < -0.3 is 14.7 Å². The number of likely N-dealkylation sites (tertiary alicyclic amines) is 1. The molecule has 16 heavy (non-hydrogen) atoms. The maximum atomic E-state index is 11.5. The highest BCUT2D eigenvalue weighted by Gasteiger charge is 2.29. The minimum atomic E-state index is -0.817. The fourth-order valence-corrected chi connectivity index (χ4v) is 1.73. The van der Waals surface area contributed by atoms with Crippen LogP contribution in [0, 0.1) is 5.92 Å². The second-order valence-corrected chi connectivity index (χ2v) is 4.33. The Labute approximate surface area is 95.4 Å². The number of amides is 1. The molecule has 0 aliphatic carbocycles. The average molecular weight is 229 g/mol. The molecule has 0 spiro atoms. The smallest absolute Gasteiger partial charge is 0.308 e. The van der Waals surface area contributed by atoms with Crippen molar-refractivity contribution in [2.45, 2.75) is 32.8 Å². The van der Waals surface area contributed by atoms with Crippen LogP contribution in [0.15, 0.2) is 0 Å². The zero-order valence-electron chi connectivity index (χ0n) is 9.81. The molecular weight excluding hydrogens is 210 g/mol. The lowest BCUT2D eigenvalue weighted by Crippen LogP contribution is -2.44. The first-order valence-corrected chi connectivity index (χ1v) is 5.63. The third-order valence-corrected chi connectivity index (χ3v) is 2.66. The number of hydrogen-bond donors (Lipinski definition) is 1. The van der Waals surface area contributed by atoms with E-state index in [1.54, 1.807) is 4.90 Å². The number of carbonyl (C=O) groups is 2. The molecule has 0 aromatic rings. The molecule has 1 aliphatic heterocycles. The zero-order chi connectivity index (χ0) is 12.1. The van der Waals surface area contributed by atoms with Gasteiger partial charge in [-0.15, -0.1) is 0 Å². The quantitative estimate of drug-likeness (QED) is 0.755. The van der Waals surface area contributed by atoms with Crippen LogP contribution < -0.4 is 0 Å². The van der Waals surface area contributed by atoms with Gasteiger partial charge in [0.25, 0.3) is 0 Å². The average Bonchev–Trinajstić information content (AvgIpc) is 2.20. The SMILES string of the molecule is CC(C)OCCN1CC(C(=O)O)CCC1=O. The van der Waals surface area contributed by atoms with E-state index in [1.165, 1.54) is 0 Å².